The van der Waals surface area contributed by atoms with E-state index in [0.29, 0.717) is 127 Å². The lowest BCUT2D eigenvalue weighted by Crippen LogP contribution is -2.54. The number of benzene rings is 3. The van der Waals surface area contributed by atoms with Crippen LogP contribution < -0.4 is 35.9 Å². The highest BCUT2D eigenvalue weighted by atomic mass is 16.6. The number of pyridine rings is 1. The van der Waals surface area contributed by atoms with Gasteiger partial charge in [0.2, 0.25) is 23.7 Å². The van der Waals surface area contributed by atoms with Gasteiger partial charge in [-0.15, -0.1) is 0 Å². The lowest BCUT2D eigenvalue weighted by atomic mass is 10.0. The molecular formula is C52H60N10O13. The molecule has 5 N–H and O–H groups in total. The molecule has 6 aromatic rings. The molecule has 2 aliphatic heterocycles. The minimum Gasteiger partial charge on any atom is -0.497 e. The third-order valence-corrected chi connectivity index (χ3v) is 12.1. The maximum absolute atomic E-state index is 13.2. The van der Waals surface area contributed by atoms with Crippen LogP contribution in [-0.4, -0.2) is 158 Å². The molecule has 5 heterocycles. The summed E-state index contributed by atoms with van der Waals surface area (Å²) in [6.45, 7) is 5.10. The highest BCUT2D eigenvalue weighted by Crippen LogP contribution is 2.33. The molecular weight excluding hydrogens is 973 g/mol. The normalized spacial score (nSPS) is 14.3. The number of imide groups is 2. The number of aromatic nitrogens is 5. The van der Waals surface area contributed by atoms with E-state index < -0.39 is 29.7 Å². The monoisotopic (exact) mass is 1030 g/mol. The zero-order valence-electron chi connectivity index (χ0n) is 41.7. The number of nitrogens with one attached hydrogen (secondary N) is 3. The molecule has 23 heteroatoms. The third-order valence-electron chi connectivity index (χ3n) is 12.1. The molecule has 0 saturated carbocycles. The minimum absolute atomic E-state index is 0.0247. The Balaban J connectivity index is 0.631. The first-order valence-electron chi connectivity index (χ1n) is 24.4. The van der Waals surface area contributed by atoms with Crippen LogP contribution in [0, 0.1) is 0 Å². The van der Waals surface area contributed by atoms with E-state index in [4.69, 9.17) is 48.6 Å². The molecule has 3 aromatic carbocycles. The van der Waals surface area contributed by atoms with Crippen molar-refractivity contribution >= 4 is 52.3 Å². The van der Waals surface area contributed by atoms with E-state index in [1.54, 1.807) is 55.7 Å². The van der Waals surface area contributed by atoms with Gasteiger partial charge < -0.3 is 54.3 Å². The summed E-state index contributed by atoms with van der Waals surface area (Å²) in [5.74, 6) is -0.133. The summed E-state index contributed by atoms with van der Waals surface area (Å²) >= 11 is 0. The Morgan fingerprint density at radius 1 is 0.760 bits per heavy atom. The molecule has 1 atom stereocenters. The number of ether oxygens (including phenoxy) is 8. The van der Waals surface area contributed by atoms with E-state index in [1.165, 1.54) is 0 Å². The fourth-order valence-electron chi connectivity index (χ4n) is 8.30. The second-order valence-corrected chi connectivity index (χ2v) is 17.2. The van der Waals surface area contributed by atoms with Crippen LogP contribution >= 0.6 is 0 Å². The summed E-state index contributed by atoms with van der Waals surface area (Å²) in [4.78, 5) is 73.0. The van der Waals surface area contributed by atoms with E-state index >= 15 is 0 Å². The number of carbonyl (C=O) groups is 5. The average molecular weight is 1030 g/mol. The largest absolute Gasteiger partial charge is 0.497 e. The first-order valence-corrected chi connectivity index (χ1v) is 24.4. The minimum atomic E-state index is -1.03. The second kappa shape index (κ2) is 26.3. The number of rotatable bonds is 30. The summed E-state index contributed by atoms with van der Waals surface area (Å²) in [6, 6.07) is 19.2. The number of hydrogen-bond acceptors (Lipinski definition) is 18. The standard InChI is InChI=1S/C52H60N10O13/c1-68-38-9-6-34(7-10-38)33-75-43-12-8-35(26-44(43)69-2)30-61-48-41(58-52(61)53)27-36(28-56-48)37-29-57-60(31-37)32-46(64)55-15-17-71-19-21-73-23-25-74-24-22-72-20-18-70-16-14-54-40-5-3-4-39-47(40)51(67)62(50(39)66)42-11-13-45(63)59-49(42)65/h3-10,12,26-29,31,42,54H,11,13-25,30,32-33H2,1-2H3,(H2,53,58)(H,55,64)(H,59,63,65). The number of methoxy groups -OCH3 is 2. The first-order chi connectivity index (χ1) is 36.6. The van der Waals surface area contributed by atoms with E-state index in [2.05, 4.69) is 26.0 Å². The van der Waals surface area contributed by atoms with Crippen LogP contribution in [0.4, 0.5) is 11.6 Å². The second-order valence-electron chi connectivity index (χ2n) is 17.2. The maximum atomic E-state index is 13.2. The van der Waals surface area contributed by atoms with Crippen LogP contribution in [0.1, 0.15) is 44.7 Å². The zero-order chi connectivity index (χ0) is 52.5. The summed E-state index contributed by atoms with van der Waals surface area (Å²) in [5, 5.41) is 12.5. The van der Waals surface area contributed by atoms with Crippen molar-refractivity contribution in [2.75, 3.05) is 104 Å². The van der Waals surface area contributed by atoms with Crippen molar-refractivity contribution in [1.29, 1.82) is 0 Å². The zero-order valence-corrected chi connectivity index (χ0v) is 41.7. The molecule has 0 radical (unpaired) electrons. The van der Waals surface area contributed by atoms with Crippen molar-refractivity contribution in [2.45, 2.75) is 38.6 Å². The predicted octanol–water partition coefficient (Wildman–Crippen LogP) is 3.23. The number of nitrogens with zero attached hydrogens (tertiary/aromatic N) is 6. The summed E-state index contributed by atoms with van der Waals surface area (Å²) in [5.41, 5.74) is 11.9. The number of anilines is 2. The van der Waals surface area contributed by atoms with Gasteiger partial charge in [0.15, 0.2) is 17.1 Å². The quantitative estimate of drug-likeness (QED) is 0.0372. The van der Waals surface area contributed by atoms with E-state index in [1.807, 2.05) is 53.1 Å². The van der Waals surface area contributed by atoms with Gasteiger partial charge in [-0.2, -0.15) is 5.10 Å². The molecule has 3 aromatic heterocycles. The molecule has 0 bridgehead atoms. The molecule has 0 spiro atoms. The molecule has 1 saturated heterocycles. The Morgan fingerprint density at radius 2 is 1.45 bits per heavy atom. The third kappa shape index (κ3) is 14.0. The fraction of sp³-hybridized carbons (Fsp3) is 0.385. The van der Waals surface area contributed by atoms with Gasteiger partial charge in [-0.25, -0.2) is 9.97 Å². The van der Waals surface area contributed by atoms with Gasteiger partial charge in [0.05, 0.1) is 104 Å². The molecule has 23 nitrogen and oxygen atoms in total. The maximum Gasteiger partial charge on any atom is 0.264 e. The number of fused-ring (bicyclic) bond motifs is 2. The fourth-order valence-corrected chi connectivity index (χ4v) is 8.30. The van der Waals surface area contributed by atoms with Crippen LogP contribution in [0.15, 0.2) is 85.3 Å². The number of piperidine rings is 1. The number of imidazole rings is 1. The highest BCUT2D eigenvalue weighted by molar-refractivity contribution is 6.25. The van der Waals surface area contributed by atoms with Gasteiger partial charge in [0.1, 0.15) is 30.5 Å². The Morgan fingerprint density at radius 3 is 2.15 bits per heavy atom. The molecule has 0 aliphatic carbocycles. The SMILES string of the molecule is COc1ccc(COc2ccc(Cn3c(N)nc4cc(-c5cnn(CC(=O)NCCOCCOCCOCCOCCOCCNc6cccc7c6C(=O)N(C6CCC(=O)NC6=O)C7=O)c5)cnc43)cc2OC)cc1. The Labute approximate surface area is 431 Å². The number of amides is 5. The lowest BCUT2D eigenvalue weighted by molar-refractivity contribution is -0.136. The molecule has 75 heavy (non-hydrogen) atoms. The van der Waals surface area contributed by atoms with Crippen molar-refractivity contribution in [3.05, 3.63) is 108 Å². The number of hydrogen-bond donors (Lipinski definition) is 4. The topological polar surface area (TPSA) is 273 Å². The smallest absolute Gasteiger partial charge is 0.264 e. The van der Waals surface area contributed by atoms with Gasteiger partial charge in [0.25, 0.3) is 11.8 Å². The van der Waals surface area contributed by atoms with Crippen LogP contribution in [0.2, 0.25) is 0 Å². The van der Waals surface area contributed by atoms with Crippen molar-refractivity contribution in [3.63, 3.8) is 0 Å². The molecule has 1 unspecified atom stereocenters. The van der Waals surface area contributed by atoms with Gasteiger partial charge in [-0.3, -0.25) is 43.4 Å². The van der Waals surface area contributed by atoms with Gasteiger partial charge in [-0.1, -0.05) is 24.3 Å². The van der Waals surface area contributed by atoms with E-state index in [0.717, 1.165) is 32.9 Å². The molecule has 396 valence electrons. The van der Waals surface area contributed by atoms with Crippen molar-refractivity contribution < 1.29 is 61.9 Å². The van der Waals surface area contributed by atoms with Crippen LogP contribution in [0.25, 0.3) is 22.3 Å². The predicted molar refractivity (Wildman–Crippen MR) is 271 cm³/mol. The summed E-state index contributed by atoms with van der Waals surface area (Å²) < 4.78 is 48.2. The van der Waals surface area contributed by atoms with Crippen LogP contribution in [0.5, 0.6) is 17.2 Å². The van der Waals surface area contributed by atoms with Gasteiger partial charge >= 0.3 is 0 Å². The number of carbonyl (C=O) groups excluding carboxylic acids is 5. The Bertz CT molecular complexity index is 2940. The summed E-state index contributed by atoms with van der Waals surface area (Å²) in [6.07, 6.45) is 5.31. The van der Waals surface area contributed by atoms with E-state index in [-0.39, 0.29) is 36.4 Å². The molecule has 5 amide bonds. The first kappa shape index (κ1) is 53.3. The molecule has 2 aliphatic rings. The number of nitrogens with two attached hydrogens (primary N) is 1. The van der Waals surface area contributed by atoms with Crippen molar-refractivity contribution in [1.82, 2.24) is 39.8 Å². The van der Waals surface area contributed by atoms with Crippen LogP contribution in [0.3, 0.4) is 0 Å². The van der Waals surface area contributed by atoms with Gasteiger partial charge in [-0.05, 0) is 60.0 Å². The highest BCUT2D eigenvalue weighted by Gasteiger charge is 2.45. The number of nitrogen functional groups attached to an aromatic ring is 1. The average Bonchev–Trinajstić information content (AvgIpc) is 4.09. The van der Waals surface area contributed by atoms with Gasteiger partial charge in [0, 0.05) is 48.7 Å². The van der Waals surface area contributed by atoms with Crippen LogP contribution in [-0.2, 0) is 57.8 Å². The molecule has 1 fully saturated rings. The lowest BCUT2D eigenvalue weighted by Gasteiger charge is -2.27. The van der Waals surface area contributed by atoms with E-state index in [9.17, 15) is 24.0 Å². The molecule has 8 rings (SSSR count). The Hall–Kier alpha value is -7.96. The van der Waals surface area contributed by atoms with Crippen molar-refractivity contribution in [3.8, 4) is 28.4 Å². The van der Waals surface area contributed by atoms with Crippen molar-refractivity contribution in [2.24, 2.45) is 0 Å². The Kier molecular flexibility index (Phi) is 18.7. The summed E-state index contributed by atoms with van der Waals surface area (Å²) in [7, 11) is 3.23.